The van der Waals surface area contributed by atoms with Crippen molar-refractivity contribution >= 4 is 0 Å². The number of hydrogen-bond donors (Lipinski definition) is 0. The Bertz CT molecular complexity index is 171. The van der Waals surface area contributed by atoms with Crippen LogP contribution < -0.4 is 0 Å². The van der Waals surface area contributed by atoms with Gasteiger partial charge in [-0.3, -0.25) is 0 Å². The van der Waals surface area contributed by atoms with E-state index in [0.717, 1.165) is 35.5 Å². The Morgan fingerprint density at radius 3 is 2.25 bits per heavy atom. The molecule has 12 heavy (non-hydrogen) atoms. The van der Waals surface area contributed by atoms with Gasteiger partial charge in [0.1, 0.15) is 0 Å². The molecule has 5 unspecified atom stereocenters. The summed E-state index contributed by atoms with van der Waals surface area (Å²) in [6.45, 7) is 9.64. The van der Waals surface area contributed by atoms with Crippen LogP contribution in [0.15, 0.2) is 0 Å². The van der Waals surface area contributed by atoms with Gasteiger partial charge in [0.05, 0.1) is 0 Å². The molecule has 0 aromatic heterocycles. The zero-order valence-corrected chi connectivity index (χ0v) is 8.88. The van der Waals surface area contributed by atoms with Gasteiger partial charge in [-0.1, -0.05) is 27.7 Å². The molecule has 0 nitrogen and oxygen atoms in total. The lowest BCUT2D eigenvalue weighted by Gasteiger charge is -2.38. The van der Waals surface area contributed by atoms with Gasteiger partial charge in [0.2, 0.25) is 0 Å². The van der Waals surface area contributed by atoms with Crippen LogP contribution in [0.25, 0.3) is 0 Å². The van der Waals surface area contributed by atoms with E-state index in [0.29, 0.717) is 0 Å². The zero-order valence-electron chi connectivity index (χ0n) is 8.88. The van der Waals surface area contributed by atoms with Gasteiger partial charge in [0.15, 0.2) is 0 Å². The van der Waals surface area contributed by atoms with E-state index in [1.54, 1.807) is 6.42 Å². The van der Waals surface area contributed by atoms with Crippen LogP contribution in [0.1, 0.15) is 40.5 Å². The standard InChI is InChI=1S/C12H22/c1-7(2)5-8(3)12-9(4)10-6-11(10)12/h7-12H,5-6H2,1-4H3. The van der Waals surface area contributed by atoms with Crippen molar-refractivity contribution in [2.24, 2.45) is 35.5 Å². The zero-order chi connectivity index (χ0) is 8.88. The predicted octanol–water partition coefficient (Wildman–Crippen LogP) is 3.57. The second-order valence-corrected chi connectivity index (χ2v) is 5.61. The van der Waals surface area contributed by atoms with Gasteiger partial charge in [-0.15, -0.1) is 0 Å². The number of rotatable bonds is 3. The van der Waals surface area contributed by atoms with Crippen LogP contribution in [0.2, 0.25) is 0 Å². The molecule has 2 rings (SSSR count). The first-order valence-corrected chi connectivity index (χ1v) is 5.61. The SMILES string of the molecule is CC(C)CC(C)C1C(C)C2CC21. The average molecular weight is 166 g/mol. The fraction of sp³-hybridized carbons (Fsp3) is 1.00. The lowest BCUT2D eigenvalue weighted by Crippen LogP contribution is -2.33. The fourth-order valence-electron chi connectivity index (χ4n) is 3.65. The molecule has 0 aromatic carbocycles. The largest absolute Gasteiger partial charge is 0.0628 e. The van der Waals surface area contributed by atoms with E-state index in [1.165, 1.54) is 6.42 Å². The van der Waals surface area contributed by atoms with Gasteiger partial charge >= 0.3 is 0 Å². The highest BCUT2D eigenvalue weighted by atomic mass is 14.6. The molecule has 2 fully saturated rings. The molecule has 0 saturated heterocycles. The molecule has 0 bridgehead atoms. The Morgan fingerprint density at radius 1 is 1.17 bits per heavy atom. The van der Waals surface area contributed by atoms with Crippen LogP contribution in [0.5, 0.6) is 0 Å². The summed E-state index contributed by atoms with van der Waals surface area (Å²) in [5, 5.41) is 0. The van der Waals surface area contributed by atoms with Crippen molar-refractivity contribution in [2.45, 2.75) is 40.5 Å². The lowest BCUT2D eigenvalue weighted by molar-refractivity contribution is 0.0970. The second kappa shape index (κ2) is 2.75. The summed E-state index contributed by atoms with van der Waals surface area (Å²) in [4.78, 5) is 0. The average Bonchev–Trinajstić information content (AvgIpc) is 2.61. The highest BCUT2D eigenvalue weighted by Gasteiger charge is 2.59. The summed E-state index contributed by atoms with van der Waals surface area (Å²) in [7, 11) is 0. The van der Waals surface area contributed by atoms with Crippen molar-refractivity contribution in [3.05, 3.63) is 0 Å². The molecular formula is C12H22. The van der Waals surface area contributed by atoms with Crippen molar-refractivity contribution < 1.29 is 0 Å². The van der Waals surface area contributed by atoms with Gasteiger partial charge in [-0.05, 0) is 48.3 Å². The first kappa shape index (κ1) is 8.59. The molecule has 0 heterocycles. The quantitative estimate of drug-likeness (QED) is 0.601. The van der Waals surface area contributed by atoms with Gasteiger partial charge < -0.3 is 0 Å². The van der Waals surface area contributed by atoms with Crippen LogP contribution in [0.3, 0.4) is 0 Å². The molecule has 0 heteroatoms. The molecule has 0 N–H and O–H groups in total. The third kappa shape index (κ3) is 1.20. The monoisotopic (exact) mass is 166 g/mol. The molecule has 2 aliphatic carbocycles. The van der Waals surface area contributed by atoms with E-state index < -0.39 is 0 Å². The Kier molecular flexibility index (Phi) is 1.97. The molecule has 2 aliphatic rings. The van der Waals surface area contributed by atoms with E-state index in [9.17, 15) is 0 Å². The normalized spacial score (nSPS) is 46.8. The maximum Gasteiger partial charge on any atom is -0.0329 e. The highest BCUT2D eigenvalue weighted by Crippen LogP contribution is 2.66. The van der Waals surface area contributed by atoms with Crippen molar-refractivity contribution in [1.29, 1.82) is 0 Å². The van der Waals surface area contributed by atoms with E-state index in [1.807, 2.05) is 0 Å². The van der Waals surface area contributed by atoms with E-state index in [2.05, 4.69) is 27.7 Å². The third-order valence-electron chi connectivity index (χ3n) is 4.17. The first-order chi connectivity index (χ1) is 5.61. The minimum atomic E-state index is 0.894. The van der Waals surface area contributed by atoms with Crippen molar-refractivity contribution in [3.8, 4) is 0 Å². The maximum absolute atomic E-state index is 2.47. The van der Waals surface area contributed by atoms with Gasteiger partial charge in [0.25, 0.3) is 0 Å². The van der Waals surface area contributed by atoms with Gasteiger partial charge in [0, 0.05) is 0 Å². The highest BCUT2D eigenvalue weighted by molar-refractivity contribution is 5.08. The molecule has 2 saturated carbocycles. The molecule has 0 spiro atoms. The first-order valence-electron chi connectivity index (χ1n) is 5.61. The summed E-state index contributed by atoms with van der Waals surface area (Å²) < 4.78 is 0. The minimum absolute atomic E-state index is 0.894. The Labute approximate surface area is 76.7 Å². The maximum atomic E-state index is 2.47. The third-order valence-corrected chi connectivity index (χ3v) is 4.17. The Hall–Kier alpha value is 0. The molecule has 0 aliphatic heterocycles. The van der Waals surface area contributed by atoms with Gasteiger partial charge in [-0.2, -0.15) is 0 Å². The molecule has 5 atom stereocenters. The summed E-state index contributed by atoms with van der Waals surface area (Å²) >= 11 is 0. The predicted molar refractivity (Wildman–Crippen MR) is 52.9 cm³/mol. The van der Waals surface area contributed by atoms with Crippen LogP contribution in [-0.2, 0) is 0 Å². The van der Waals surface area contributed by atoms with Crippen molar-refractivity contribution in [3.63, 3.8) is 0 Å². The van der Waals surface area contributed by atoms with E-state index in [-0.39, 0.29) is 0 Å². The number of fused-ring (bicyclic) bond motifs is 1. The summed E-state index contributed by atoms with van der Waals surface area (Å²) in [5.74, 6) is 6.35. The second-order valence-electron chi connectivity index (χ2n) is 5.61. The fourth-order valence-corrected chi connectivity index (χ4v) is 3.65. The Morgan fingerprint density at radius 2 is 1.83 bits per heavy atom. The Balaban J connectivity index is 1.84. The van der Waals surface area contributed by atoms with E-state index >= 15 is 0 Å². The van der Waals surface area contributed by atoms with Crippen molar-refractivity contribution in [2.75, 3.05) is 0 Å². The number of hydrogen-bond acceptors (Lipinski definition) is 0. The molecular weight excluding hydrogens is 144 g/mol. The van der Waals surface area contributed by atoms with Crippen LogP contribution in [0, 0.1) is 35.5 Å². The summed E-state index contributed by atoms with van der Waals surface area (Å²) in [6.07, 6.45) is 3.01. The van der Waals surface area contributed by atoms with Crippen LogP contribution >= 0.6 is 0 Å². The van der Waals surface area contributed by atoms with E-state index in [4.69, 9.17) is 0 Å². The topological polar surface area (TPSA) is 0 Å². The smallest absolute Gasteiger partial charge is 0.0329 e. The molecule has 0 amide bonds. The lowest BCUT2D eigenvalue weighted by atomic mass is 9.67. The molecule has 0 aromatic rings. The minimum Gasteiger partial charge on any atom is -0.0628 e. The van der Waals surface area contributed by atoms with Gasteiger partial charge in [-0.25, -0.2) is 0 Å². The molecule has 0 radical (unpaired) electrons. The summed E-state index contributed by atoms with van der Waals surface area (Å²) in [5.41, 5.74) is 0. The van der Waals surface area contributed by atoms with Crippen LogP contribution in [-0.4, -0.2) is 0 Å². The summed E-state index contributed by atoms with van der Waals surface area (Å²) in [6, 6.07) is 0. The van der Waals surface area contributed by atoms with Crippen LogP contribution in [0.4, 0.5) is 0 Å². The molecule has 70 valence electrons. The van der Waals surface area contributed by atoms with Crippen molar-refractivity contribution in [1.82, 2.24) is 0 Å².